The first-order chi connectivity index (χ1) is 9.21. The summed E-state index contributed by atoms with van der Waals surface area (Å²) in [5.41, 5.74) is 1.17. The first-order valence-electron chi connectivity index (χ1n) is 6.53. The Hall–Kier alpha value is -1.69. The summed E-state index contributed by atoms with van der Waals surface area (Å²) in [7, 11) is 0. The lowest BCUT2D eigenvalue weighted by Gasteiger charge is -2.26. The fraction of sp³-hybridized carbons (Fsp3) is 0.500. The first-order valence-corrected chi connectivity index (χ1v) is 6.94. The Labute approximate surface area is 122 Å². The molecule has 2 aromatic rings. The summed E-state index contributed by atoms with van der Waals surface area (Å²) in [6.07, 6.45) is 0. The lowest BCUT2D eigenvalue weighted by molar-refractivity contribution is 0.466. The fourth-order valence-electron chi connectivity index (χ4n) is 2.18. The summed E-state index contributed by atoms with van der Waals surface area (Å²) in [6, 6.07) is 3.75. The van der Waals surface area contributed by atoms with E-state index in [2.05, 4.69) is 31.0 Å². The molecule has 0 aliphatic rings. The van der Waals surface area contributed by atoms with Crippen LogP contribution >= 0.6 is 12.2 Å². The van der Waals surface area contributed by atoms with Gasteiger partial charge in [0, 0.05) is 17.2 Å². The SMILES string of the molecule is CC(C)n1c(C(C)(C)C)ccc(-c2n[nH]c(=S)o2)c1=O. The first kappa shape index (κ1) is 14.7. The van der Waals surface area contributed by atoms with Crippen LogP contribution in [0.3, 0.4) is 0 Å². The van der Waals surface area contributed by atoms with Gasteiger partial charge in [0.15, 0.2) is 0 Å². The Bertz CT molecular complexity index is 732. The molecule has 0 bridgehead atoms. The highest BCUT2D eigenvalue weighted by molar-refractivity contribution is 7.71. The molecular weight excluding hydrogens is 274 g/mol. The van der Waals surface area contributed by atoms with Crippen LogP contribution in [0.1, 0.15) is 46.4 Å². The molecule has 6 heteroatoms. The number of rotatable bonds is 2. The van der Waals surface area contributed by atoms with Crippen molar-refractivity contribution in [3.05, 3.63) is 33.0 Å². The molecule has 0 unspecified atom stereocenters. The molecule has 5 nitrogen and oxygen atoms in total. The molecule has 0 fully saturated rings. The highest BCUT2D eigenvalue weighted by Crippen LogP contribution is 2.25. The maximum Gasteiger partial charge on any atom is 0.284 e. The van der Waals surface area contributed by atoms with E-state index in [1.54, 1.807) is 10.6 Å². The van der Waals surface area contributed by atoms with Crippen molar-refractivity contribution in [3.8, 4) is 11.5 Å². The number of H-pyrrole nitrogens is 1. The van der Waals surface area contributed by atoms with Gasteiger partial charge >= 0.3 is 0 Å². The molecule has 0 aliphatic heterocycles. The van der Waals surface area contributed by atoms with Gasteiger partial charge in [0.2, 0.25) is 0 Å². The molecule has 0 atom stereocenters. The van der Waals surface area contributed by atoms with Crippen molar-refractivity contribution in [1.29, 1.82) is 0 Å². The minimum Gasteiger partial charge on any atom is -0.409 e. The molecule has 2 heterocycles. The summed E-state index contributed by atoms with van der Waals surface area (Å²) in [4.78, 5) is 12.9. The average Bonchev–Trinajstić information content (AvgIpc) is 2.73. The van der Waals surface area contributed by atoms with Gasteiger partial charge in [0.25, 0.3) is 16.3 Å². The predicted molar refractivity (Wildman–Crippen MR) is 80.5 cm³/mol. The average molecular weight is 293 g/mol. The van der Waals surface area contributed by atoms with Gasteiger partial charge < -0.3 is 8.98 Å². The van der Waals surface area contributed by atoms with E-state index in [-0.39, 0.29) is 27.7 Å². The van der Waals surface area contributed by atoms with Crippen LogP contribution in [-0.2, 0) is 5.41 Å². The van der Waals surface area contributed by atoms with E-state index in [4.69, 9.17) is 16.6 Å². The lowest BCUT2D eigenvalue weighted by atomic mass is 9.90. The number of hydrogen-bond donors (Lipinski definition) is 1. The Morgan fingerprint density at radius 2 is 2.00 bits per heavy atom. The van der Waals surface area contributed by atoms with Crippen molar-refractivity contribution in [2.24, 2.45) is 0 Å². The van der Waals surface area contributed by atoms with E-state index in [0.29, 0.717) is 5.56 Å². The van der Waals surface area contributed by atoms with Crippen LogP contribution < -0.4 is 5.56 Å². The molecule has 0 saturated carbocycles. The zero-order valence-electron chi connectivity index (χ0n) is 12.4. The Morgan fingerprint density at radius 3 is 2.45 bits per heavy atom. The lowest BCUT2D eigenvalue weighted by Crippen LogP contribution is -2.31. The zero-order valence-corrected chi connectivity index (χ0v) is 13.2. The number of aromatic nitrogens is 3. The normalized spacial score (nSPS) is 12.1. The van der Waals surface area contributed by atoms with Crippen molar-refractivity contribution in [2.75, 3.05) is 0 Å². The van der Waals surface area contributed by atoms with Crippen LogP contribution in [0.4, 0.5) is 0 Å². The van der Waals surface area contributed by atoms with Crippen LogP contribution in [0.2, 0.25) is 0 Å². The molecule has 0 amide bonds. The number of nitrogens with zero attached hydrogens (tertiary/aromatic N) is 2. The molecule has 2 rings (SSSR count). The summed E-state index contributed by atoms with van der Waals surface area (Å²) in [6.45, 7) is 10.2. The Kier molecular flexibility index (Phi) is 3.69. The molecule has 0 spiro atoms. The number of aromatic amines is 1. The minimum absolute atomic E-state index is 0.0542. The molecule has 20 heavy (non-hydrogen) atoms. The van der Waals surface area contributed by atoms with Crippen molar-refractivity contribution >= 4 is 12.2 Å². The predicted octanol–water partition coefficient (Wildman–Crippen LogP) is 3.44. The monoisotopic (exact) mass is 293 g/mol. The van der Waals surface area contributed by atoms with E-state index in [0.717, 1.165) is 5.69 Å². The van der Waals surface area contributed by atoms with Gasteiger partial charge in [-0.15, -0.1) is 5.10 Å². The van der Waals surface area contributed by atoms with Gasteiger partial charge in [-0.25, -0.2) is 5.10 Å². The molecule has 1 N–H and O–H groups in total. The number of pyridine rings is 1. The second-order valence-corrected chi connectivity index (χ2v) is 6.44. The second-order valence-electron chi connectivity index (χ2n) is 6.07. The molecular formula is C14H19N3O2S. The van der Waals surface area contributed by atoms with Crippen LogP contribution in [0.15, 0.2) is 21.3 Å². The van der Waals surface area contributed by atoms with E-state index < -0.39 is 0 Å². The standard InChI is InChI=1S/C14H19N3O2S/c1-8(2)17-10(14(3,4)5)7-6-9(12(17)18)11-15-16-13(20)19-11/h6-8H,1-5H3,(H,16,20). The van der Waals surface area contributed by atoms with Gasteiger partial charge in [0.1, 0.15) is 5.56 Å². The van der Waals surface area contributed by atoms with Crippen LogP contribution in [0.5, 0.6) is 0 Å². The highest BCUT2D eigenvalue weighted by atomic mass is 32.1. The van der Waals surface area contributed by atoms with Gasteiger partial charge in [0.05, 0.1) is 0 Å². The van der Waals surface area contributed by atoms with Gasteiger partial charge in [-0.1, -0.05) is 20.8 Å². The summed E-state index contributed by atoms with van der Waals surface area (Å²) >= 11 is 4.85. The quantitative estimate of drug-likeness (QED) is 0.861. The van der Waals surface area contributed by atoms with Crippen LogP contribution in [0, 0.1) is 4.84 Å². The molecule has 108 valence electrons. The number of hydrogen-bond acceptors (Lipinski definition) is 4. The third-order valence-electron chi connectivity index (χ3n) is 3.07. The third kappa shape index (κ3) is 2.60. The van der Waals surface area contributed by atoms with E-state index in [1.165, 1.54) is 0 Å². The van der Waals surface area contributed by atoms with E-state index in [9.17, 15) is 4.79 Å². The van der Waals surface area contributed by atoms with Crippen LogP contribution in [-0.4, -0.2) is 14.8 Å². The van der Waals surface area contributed by atoms with Crippen molar-refractivity contribution < 1.29 is 4.42 Å². The van der Waals surface area contributed by atoms with Crippen molar-refractivity contribution in [2.45, 2.75) is 46.1 Å². The van der Waals surface area contributed by atoms with Gasteiger partial charge in [-0.2, -0.15) is 0 Å². The zero-order chi connectivity index (χ0) is 15.1. The highest BCUT2D eigenvalue weighted by Gasteiger charge is 2.23. The maximum atomic E-state index is 12.7. The Balaban J connectivity index is 2.74. The van der Waals surface area contributed by atoms with Crippen molar-refractivity contribution in [1.82, 2.24) is 14.8 Å². The minimum atomic E-state index is -0.117. The van der Waals surface area contributed by atoms with Gasteiger partial charge in [-0.05, 0) is 38.2 Å². The summed E-state index contributed by atoms with van der Waals surface area (Å²) < 4.78 is 7.03. The van der Waals surface area contributed by atoms with Crippen molar-refractivity contribution in [3.63, 3.8) is 0 Å². The molecule has 2 aromatic heterocycles. The smallest absolute Gasteiger partial charge is 0.284 e. The van der Waals surface area contributed by atoms with E-state index in [1.807, 2.05) is 19.9 Å². The van der Waals surface area contributed by atoms with E-state index >= 15 is 0 Å². The molecule has 0 aromatic carbocycles. The fourth-order valence-corrected chi connectivity index (χ4v) is 2.31. The summed E-state index contributed by atoms with van der Waals surface area (Å²) in [5, 5.41) is 6.47. The summed E-state index contributed by atoms with van der Waals surface area (Å²) in [5.74, 6) is 0.231. The largest absolute Gasteiger partial charge is 0.409 e. The van der Waals surface area contributed by atoms with Crippen LogP contribution in [0.25, 0.3) is 11.5 Å². The third-order valence-corrected chi connectivity index (χ3v) is 3.24. The van der Waals surface area contributed by atoms with Gasteiger partial charge in [-0.3, -0.25) is 4.79 Å². The molecule has 0 aliphatic carbocycles. The Morgan fingerprint density at radius 1 is 1.35 bits per heavy atom. The number of nitrogens with one attached hydrogen (secondary N) is 1. The molecule has 0 radical (unpaired) electrons. The molecule has 0 saturated heterocycles. The maximum absolute atomic E-state index is 12.7. The topological polar surface area (TPSA) is 63.8 Å². The second kappa shape index (κ2) is 5.01.